The van der Waals surface area contributed by atoms with Crippen LogP contribution in [0.25, 0.3) is 0 Å². The Hall–Kier alpha value is -0.960. The third-order valence-electron chi connectivity index (χ3n) is 1.71. The van der Waals surface area contributed by atoms with Gasteiger partial charge in [0.15, 0.2) is 0 Å². The minimum atomic E-state index is 0.100. The van der Waals surface area contributed by atoms with Crippen LogP contribution >= 0.6 is 11.8 Å². The van der Waals surface area contributed by atoms with Gasteiger partial charge in [0.1, 0.15) is 0 Å². The lowest BCUT2D eigenvalue weighted by Gasteiger charge is -2.13. The van der Waals surface area contributed by atoms with Crippen LogP contribution in [-0.2, 0) is 4.79 Å². The summed E-state index contributed by atoms with van der Waals surface area (Å²) in [5.41, 5.74) is 0. The van der Waals surface area contributed by atoms with Crippen LogP contribution in [0.4, 0.5) is 0 Å². The molecule has 0 atom stereocenters. The third kappa shape index (κ3) is 3.51. The number of hydrogen-bond donors (Lipinski definition) is 0. The Morgan fingerprint density at radius 1 is 1.38 bits per heavy atom. The number of carbonyl (C=O) groups is 1. The zero-order valence-corrected chi connectivity index (χ0v) is 8.67. The summed E-state index contributed by atoms with van der Waals surface area (Å²) in [5.74, 6) is 0.808. The van der Waals surface area contributed by atoms with Crippen LogP contribution in [0.1, 0.15) is 6.92 Å². The molecule has 0 unspecified atom stereocenters. The van der Waals surface area contributed by atoms with Gasteiger partial charge in [-0.1, -0.05) is 18.2 Å². The lowest BCUT2D eigenvalue weighted by atomic mass is 10.4. The molecule has 0 N–H and O–H groups in total. The van der Waals surface area contributed by atoms with Crippen LogP contribution in [0.3, 0.4) is 0 Å². The summed E-state index contributed by atoms with van der Waals surface area (Å²) >= 11 is 1.66. The van der Waals surface area contributed by atoms with E-state index in [1.165, 1.54) is 4.90 Å². The summed E-state index contributed by atoms with van der Waals surface area (Å²) in [7, 11) is 1.80. The Labute approximate surface area is 82.9 Å². The van der Waals surface area contributed by atoms with E-state index in [2.05, 4.69) is 0 Å². The first-order chi connectivity index (χ1) is 6.20. The van der Waals surface area contributed by atoms with E-state index in [1.54, 1.807) is 30.6 Å². The molecule has 0 aliphatic rings. The predicted octanol–water partition coefficient (Wildman–Crippen LogP) is 2.21. The van der Waals surface area contributed by atoms with Crippen LogP contribution in [0.2, 0.25) is 0 Å². The average Bonchev–Trinajstić information content (AvgIpc) is 2.15. The molecule has 0 heterocycles. The molecule has 2 nitrogen and oxygen atoms in total. The number of thioether (sulfide) groups is 1. The van der Waals surface area contributed by atoms with Gasteiger partial charge in [-0.25, -0.2) is 0 Å². The molecule has 0 aromatic heterocycles. The minimum absolute atomic E-state index is 0.100. The van der Waals surface area contributed by atoms with Crippen molar-refractivity contribution in [3.63, 3.8) is 0 Å². The standard InChI is InChI=1S/C10H13NOS/c1-9(12)11(2)8-13-10-6-4-3-5-7-10/h3-7H,8H2,1-2H3. The minimum Gasteiger partial charge on any atom is -0.336 e. The second kappa shape index (κ2) is 4.92. The molecule has 70 valence electrons. The van der Waals surface area contributed by atoms with Crippen molar-refractivity contribution in [2.24, 2.45) is 0 Å². The number of amides is 1. The largest absolute Gasteiger partial charge is 0.336 e. The second-order valence-corrected chi connectivity index (χ2v) is 3.82. The quantitative estimate of drug-likeness (QED) is 0.544. The van der Waals surface area contributed by atoms with Gasteiger partial charge in [-0.3, -0.25) is 4.79 Å². The van der Waals surface area contributed by atoms with Crippen molar-refractivity contribution in [2.45, 2.75) is 11.8 Å². The fraction of sp³-hybridized carbons (Fsp3) is 0.300. The summed E-state index contributed by atoms with van der Waals surface area (Å²) in [6.45, 7) is 1.57. The number of nitrogens with zero attached hydrogens (tertiary/aromatic N) is 1. The van der Waals surface area contributed by atoms with Gasteiger partial charge in [0.2, 0.25) is 5.91 Å². The van der Waals surface area contributed by atoms with E-state index in [0.29, 0.717) is 5.88 Å². The maximum absolute atomic E-state index is 10.9. The van der Waals surface area contributed by atoms with Gasteiger partial charge in [-0.05, 0) is 12.1 Å². The molecule has 0 aliphatic carbocycles. The zero-order chi connectivity index (χ0) is 9.68. The van der Waals surface area contributed by atoms with Crippen molar-refractivity contribution < 1.29 is 4.79 Å². The molecule has 0 fully saturated rings. The molecule has 0 radical (unpaired) electrons. The molecule has 0 aliphatic heterocycles. The van der Waals surface area contributed by atoms with Crippen molar-refractivity contribution >= 4 is 17.7 Å². The lowest BCUT2D eigenvalue weighted by Crippen LogP contribution is -2.22. The maximum Gasteiger partial charge on any atom is 0.219 e. The van der Waals surface area contributed by atoms with Crippen molar-refractivity contribution in [3.05, 3.63) is 30.3 Å². The van der Waals surface area contributed by atoms with Crippen molar-refractivity contribution in [1.82, 2.24) is 4.90 Å². The Morgan fingerprint density at radius 2 is 2.00 bits per heavy atom. The van der Waals surface area contributed by atoms with Crippen molar-refractivity contribution in [2.75, 3.05) is 12.9 Å². The van der Waals surface area contributed by atoms with Gasteiger partial charge >= 0.3 is 0 Å². The highest BCUT2D eigenvalue weighted by molar-refractivity contribution is 7.99. The summed E-state index contributed by atoms with van der Waals surface area (Å²) in [4.78, 5) is 13.8. The molecule has 0 spiro atoms. The molecular formula is C10H13NOS. The highest BCUT2D eigenvalue weighted by Gasteiger charge is 2.01. The van der Waals surface area contributed by atoms with E-state index in [-0.39, 0.29) is 5.91 Å². The van der Waals surface area contributed by atoms with Crippen molar-refractivity contribution in [3.8, 4) is 0 Å². The average molecular weight is 195 g/mol. The molecule has 0 saturated carbocycles. The first-order valence-electron chi connectivity index (χ1n) is 4.09. The van der Waals surface area contributed by atoms with Crippen LogP contribution in [-0.4, -0.2) is 23.7 Å². The van der Waals surface area contributed by atoms with Crippen LogP contribution in [0, 0.1) is 0 Å². The van der Waals surface area contributed by atoms with Crippen molar-refractivity contribution in [1.29, 1.82) is 0 Å². The van der Waals surface area contributed by atoms with E-state index in [4.69, 9.17) is 0 Å². The normalized spacial score (nSPS) is 9.69. The molecule has 3 heteroatoms. The first-order valence-corrected chi connectivity index (χ1v) is 5.08. The molecule has 1 rings (SSSR count). The Kier molecular flexibility index (Phi) is 3.83. The molecule has 0 bridgehead atoms. The molecule has 1 amide bonds. The van der Waals surface area contributed by atoms with Gasteiger partial charge < -0.3 is 4.90 Å². The topological polar surface area (TPSA) is 20.3 Å². The lowest BCUT2D eigenvalue weighted by molar-refractivity contribution is -0.126. The van der Waals surface area contributed by atoms with E-state index in [0.717, 1.165) is 0 Å². The molecule has 13 heavy (non-hydrogen) atoms. The van der Waals surface area contributed by atoms with Gasteiger partial charge in [0.25, 0.3) is 0 Å². The van der Waals surface area contributed by atoms with Gasteiger partial charge in [-0.2, -0.15) is 0 Å². The maximum atomic E-state index is 10.9. The van der Waals surface area contributed by atoms with E-state index < -0.39 is 0 Å². The number of hydrogen-bond acceptors (Lipinski definition) is 2. The molecule has 1 aromatic rings. The van der Waals surface area contributed by atoms with Gasteiger partial charge in [0.05, 0.1) is 5.88 Å². The number of benzene rings is 1. The Bertz CT molecular complexity index is 274. The second-order valence-electron chi connectivity index (χ2n) is 2.80. The fourth-order valence-corrected chi connectivity index (χ4v) is 1.65. The molecule has 0 saturated heterocycles. The summed E-state index contributed by atoms with van der Waals surface area (Å²) in [5, 5.41) is 0. The summed E-state index contributed by atoms with van der Waals surface area (Å²) in [6.07, 6.45) is 0. The Balaban J connectivity index is 2.39. The smallest absolute Gasteiger partial charge is 0.219 e. The van der Waals surface area contributed by atoms with Crippen LogP contribution in [0.15, 0.2) is 35.2 Å². The highest BCUT2D eigenvalue weighted by Crippen LogP contribution is 2.17. The van der Waals surface area contributed by atoms with E-state index in [1.807, 2.05) is 30.3 Å². The van der Waals surface area contributed by atoms with Gasteiger partial charge in [0, 0.05) is 18.9 Å². The fourth-order valence-electron chi connectivity index (χ4n) is 0.779. The van der Waals surface area contributed by atoms with E-state index >= 15 is 0 Å². The van der Waals surface area contributed by atoms with E-state index in [9.17, 15) is 4.79 Å². The molecule has 1 aromatic carbocycles. The Morgan fingerprint density at radius 3 is 2.54 bits per heavy atom. The zero-order valence-electron chi connectivity index (χ0n) is 7.86. The predicted molar refractivity (Wildman–Crippen MR) is 55.6 cm³/mol. The number of carbonyl (C=O) groups excluding carboxylic acids is 1. The van der Waals surface area contributed by atoms with Crippen LogP contribution in [0.5, 0.6) is 0 Å². The summed E-state index contributed by atoms with van der Waals surface area (Å²) < 4.78 is 0. The number of rotatable bonds is 3. The molecular weight excluding hydrogens is 182 g/mol. The van der Waals surface area contributed by atoms with Gasteiger partial charge in [-0.15, -0.1) is 11.8 Å². The third-order valence-corrected chi connectivity index (χ3v) is 2.83. The SMILES string of the molecule is CC(=O)N(C)CSc1ccccc1. The van der Waals surface area contributed by atoms with Crippen LogP contribution < -0.4 is 0 Å². The monoisotopic (exact) mass is 195 g/mol. The highest BCUT2D eigenvalue weighted by atomic mass is 32.2. The summed E-state index contributed by atoms with van der Waals surface area (Å²) in [6, 6.07) is 10.1. The first kappa shape index (κ1) is 10.1.